The first-order chi connectivity index (χ1) is 14.1. The average molecular weight is 438 g/mol. The van der Waals surface area contributed by atoms with Crippen molar-refractivity contribution in [1.29, 1.82) is 0 Å². The minimum atomic E-state index is -3.32. The molecule has 2 atom stereocenters. The molecule has 7 nitrogen and oxygen atoms in total. The Morgan fingerprint density at radius 1 is 1.10 bits per heavy atom. The second kappa shape index (κ2) is 10.4. The van der Waals surface area contributed by atoms with Gasteiger partial charge in [0.2, 0.25) is 15.9 Å². The summed E-state index contributed by atoms with van der Waals surface area (Å²) in [6.07, 6.45) is 1.84. The third-order valence-electron chi connectivity index (χ3n) is 5.89. The second-order valence-electron chi connectivity index (χ2n) is 8.41. The maximum atomic E-state index is 13.0. The number of aryl methyl sites for hydroxylation is 1. The topological polar surface area (TPSA) is 95.6 Å². The number of hydrogen-bond donors (Lipinski definition) is 2. The Balaban J connectivity index is 2.17. The predicted molar refractivity (Wildman–Crippen MR) is 119 cm³/mol. The molecule has 1 fully saturated rings. The molecule has 0 aromatic heterocycles. The summed E-state index contributed by atoms with van der Waals surface area (Å²) in [6.45, 7) is 9.84. The third kappa shape index (κ3) is 5.82. The number of benzene rings is 1. The molecular weight excluding hydrogens is 402 g/mol. The van der Waals surface area contributed by atoms with Crippen LogP contribution in [0.2, 0.25) is 0 Å². The van der Waals surface area contributed by atoms with Crippen molar-refractivity contribution < 1.29 is 18.0 Å². The standard InChI is InChI=1S/C22H35N3O4S/c1-6-17(5)23-22(27)20(24-21(26)19-10-8-7-9-16(19)4)18-11-13-25(14-12-18)30(28,29)15(2)3/h7-10,15,17-18,20H,6,11-14H2,1-5H3,(H,23,27)(H,24,26)/t17-,20+/m0/s1. The highest BCUT2D eigenvalue weighted by atomic mass is 32.2. The molecule has 0 aliphatic carbocycles. The Morgan fingerprint density at radius 3 is 2.23 bits per heavy atom. The summed E-state index contributed by atoms with van der Waals surface area (Å²) in [5.74, 6) is -0.619. The quantitative estimate of drug-likeness (QED) is 0.653. The van der Waals surface area contributed by atoms with E-state index in [0.29, 0.717) is 31.5 Å². The number of carbonyl (C=O) groups is 2. The first kappa shape index (κ1) is 24.3. The first-order valence-electron chi connectivity index (χ1n) is 10.7. The van der Waals surface area contributed by atoms with Gasteiger partial charge in [0.05, 0.1) is 5.25 Å². The van der Waals surface area contributed by atoms with Crippen LogP contribution in [0.4, 0.5) is 0 Å². The van der Waals surface area contributed by atoms with Crippen molar-refractivity contribution in [3.63, 3.8) is 0 Å². The van der Waals surface area contributed by atoms with E-state index in [1.807, 2.05) is 32.9 Å². The lowest BCUT2D eigenvalue weighted by Gasteiger charge is -2.36. The van der Waals surface area contributed by atoms with Crippen LogP contribution in [0.25, 0.3) is 0 Å². The molecule has 0 spiro atoms. The van der Waals surface area contributed by atoms with Crippen LogP contribution in [0.15, 0.2) is 24.3 Å². The summed E-state index contributed by atoms with van der Waals surface area (Å²) in [4.78, 5) is 25.9. The van der Waals surface area contributed by atoms with Crippen molar-refractivity contribution >= 4 is 21.8 Å². The summed E-state index contributed by atoms with van der Waals surface area (Å²) in [7, 11) is -3.32. The molecule has 1 aromatic rings. The van der Waals surface area contributed by atoms with Crippen molar-refractivity contribution in [3.05, 3.63) is 35.4 Å². The van der Waals surface area contributed by atoms with Crippen molar-refractivity contribution in [2.24, 2.45) is 5.92 Å². The van der Waals surface area contributed by atoms with Crippen molar-refractivity contribution in [3.8, 4) is 0 Å². The summed E-state index contributed by atoms with van der Waals surface area (Å²) >= 11 is 0. The van der Waals surface area contributed by atoms with E-state index < -0.39 is 21.3 Å². The molecule has 0 unspecified atom stereocenters. The summed E-state index contributed by atoms with van der Waals surface area (Å²) in [6, 6.07) is 6.56. The Bertz CT molecular complexity index is 846. The summed E-state index contributed by atoms with van der Waals surface area (Å²) in [5.41, 5.74) is 1.38. The monoisotopic (exact) mass is 437 g/mol. The SMILES string of the molecule is CC[C@H](C)NC(=O)[C@H](NC(=O)c1ccccc1C)C1CCN(S(=O)(=O)C(C)C)CC1. The van der Waals surface area contributed by atoms with Crippen LogP contribution in [0.3, 0.4) is 0 Å². The molecule has 168 valence electrons. The molecule has 0 radical (unpaired) electrons. The van der Waals surface area contributed by atoms with E-state index >= 15 is 0 Å². The van der Waals surface area contributed by atoms with Gasteiger partial charge in [0, 0.05) is 24.7 Å². The zero-order chi connectivity index (χ0) is 22.5. The predicted octanol–water partition coefficient (Wildman–Crippen LogP) is 2.46. The van der Waals surface area contributed by atoms with Gasteiger partial charge in [0.15, 0.2) is 0 Å². The van der Waals surface area contributed by atoms with Crippen LogP contribution in [0.5, 0.6) is 0 Å². The zero-order valence-electron chi connectivity index (χ0n) is 18.6. The van der Waals surface area contributed by atoms with E-state index in [1.54, 1.807) is 26.0 Å². The molecule has 1 saturated heterocycles. The van der Waals surface area contributed by atoms with E-state index in [-0.39, 0.29) is 23.8 Å². The number of sulfonamides is 1. The number of nitrogens with zero attached hydrogens (tertiary/aromatic N) is 1. The molecule has 1 aliphatic rings. The van der Waals surface area contributed by atoms with Crippen molar-refractivity contribution in [2.75, 3.05) is 13.1 Å². The zero-order valence-corrected chi connectivity index (χ0v) is 19.5. The smallest absolute Gasteiger partial charge is 0.252 e. The van der Waals surface area contributed by atoms with Gasteiger partial charge in [-0.15, -0.1) is 0 Å². The number of amides is 2. The fourth-order valence-corrected chi connectivity index (χ4v) is 4.96. The second-order valence-corrected chi connectivity index (χ2v) is 10.9. The lowest BCUT2D eigenvalue weighted by Crippen LogP contribution is -2.55. The molecule has 8 heteroatoms. The van der Waals surface area contributed by atoms with Gasteiger partial charge in [-0.25, -0.2) is 12.7 Å². The average Bonchev–Trinajstić information content (AvgIpc) is 2.71. The highest BCUT2D eigenvalue weighted by molar-refractivity contribution is 7.89. The Morgan fingerprint density at radius 2 is 1.70 bits per heavy atom. The Labute approximate surface area is 180 Å². The van der Waals surface area contributed by atoms with Crippen LogP contribution in [0, 0.1) is 12.8 Å². The van der Waals surface area contributed by atoms with Gasteiger partial charge in [0.1, 0.15) is 6.04 Å². The molecule has 1 aromatic carbocycles. The van der Waals surface area contributed by atoms with Gasteiger partial charge in [-0.05, 0) is 64.5 Å². The molecule has 1 aliphatic heterocycles. The highest BCUT2D eigenvalue weighted by Gasteiger charge is 2.37. The third-order valence-corrected chi connectivity index (χ3v) is 8.16. The van der Waals surface area contributed by atoms with E-state index in [2.05, 4.69) is 10.6 Å². The van der Waals surface area contributed by atoms with Crippen LogP contribution in [-0.4, -0.2) is 55.0 Å². The lowest BCUT2D eigenvalue weighted by molar-refractivity contribution is -0.125. The maximum Gasteiger partial charge on any atom is 0.252 e. The molecule has 2 amide bonds. The van der Waals surface area contributed by atoms with E-state index in [4.69, 9.17) is 0 Å². The van der Waals surface area contributed by atoms with Gasteiger partial charge in [-0.3, -0.25) is 9.59 Å². The molecule has 0 saturated carbocycles. The van der Waals surface area contributed by atoms with Crippen molar-refractivity contribution in [2.45, 2.75) is 71.2 Å². The molecule has 2 rings (SSSR count). The normalized spacial score (nSPS) is 18.1. The van der Waals surface area contributed by atoms with Gasteiger partial charge >= 0.3 is 0 Å². The Kier molecular flexibility index (Phi) is 8.43. The van der Waals surface area contributed by atoms with Gasteiger partial charge in [0.25, 0.3) is 5.91 Å². The summed E-state index contributed by atoms with van der Waals surface area (Å²) in [5, 5.41) is 5.43. The van der Waals surface area contributed by atoms with Gasteiger partial charge in [-0.1, -0.05) is 25.1 Å². The minimum absolute atomic E-state index is 0.00299. The van der Waals surface area contributed by atoms with Crippen LogP contribution >= 0.6 is 0 Å². The van der Waals surface area contributed by atoms with Gasteiger partial charge in [-0.2, -0.15) is 0 Å². The number of rotatable bonds is 8. The van der Waals surface area contributed by atoms with Crippen LogP contribution < -0.4 is 10.6 Å². The number of carbonyl (C=O) groups excluding carboxylic acids is 2. The molecule has 0 bridgehead atoms. The highest BCUT2D eigenvalue weighted by Crippen LogP contribution is 2.25. The fraction of sp³-hybridized carbons (Fsp3) is 0.636. The van der Waals surface area contributed by atoms with Crippen LogP contribution in [-0.2, 0) is 14.8 Å². The molecule has 1 heterocycles. The minimum Gasteiger partial charge on any atom is -0.352 e. The molecule has 30 heavy (non-hydrogen) atoms. The van der Waals surface area contributed by atoms with Crippen molar-refractivity contribution in [1.82, 2.24) is 14.9 Å². The van der Waals surface area contributed by atoms with E-state index in [1.165, 1.54) is 4.31 Å². The first-order valence-corrected chi connectivity index (χ1v) is 12.2. The molecule has 2 N–H and O–H groups in total. The Hall–Kier alpha value is -1.93. The van der Waals surface area contributed by atoms with Crippen LogP contribution in [0.1, 0.15) is 62.9 Å². The lowest BCUT2D eigenvalue weighted by atomic mass is 9.89. The number of piperidine rings is 1. The summed E-state index contributed by atoms with van der Waals surface area (Å²) < 4.78 is 26.4. The maximum absolute atomic E-state index is 13.0. The van der Waals surface area contributed by atoms with E-state index in [0.717, 1.165) is 12.0 Å². The largest absolute Gasteiger partial charge is 0.352 e. The van der Waals surface area contributed by atoms with Gasteiger partial charge < -0.3 is 10.6 Å². The number of hydrogen-bond acceptors (Lipinski definition) is 4. The number of nitrogens with one attached hydrogen (secondary N) is 2. The molecular formula is C22H35N3O4S. The fourth-order valence-electron chi connectivity index (χ4n) is 3.64. The van der Waals surface area contributed by atoms with E-state index in [9.17, 15) is 18.0 Å².